The number of carbonyl (C=O) groups is 2. The first-order chi connectivity index (χ1) is 13.5. The van der Waals surface area contributed by atoms with Crippen LogP contribution in [0.4, 0.5) is 4.79 Å². The van der Waals surface area contributed by atoms with E-state index in [1.807, 2.05) is 24.3 Å². The van der Waals surface area contributed by atoms with Gasteiger partial charge in [-0.1, -0.05) is 48.5 Å². The lowest BCUT2D eigenvalue weighted by Gasteiger charge is -2.14. The highest BCUT2D eigenvalue weighted by Gasteiger charge is 2.29. The second kappa shape index (κ2) is 7.73. The van der Waals surface area contributed by atoms with Gasteiger partial charge in [0.05, 0.1) is 11.4 Å². The number of aromatic carboxylic acids is 1. The SMILES string of the molecule is O=C(NCc1sc(Br)nc1C(=O)O)OCC1c2ccccc2-c2ccccc21. The molecule has 6 nitrogen and oxygen atoms in total. The Bertz CT molecular complexity index is 1020. The van der Waals surface area contributed by atoms with E-state index in [-0.39, 0.29) is 24.8 Å². The highest BCUT2D eigenvalue weighted by Crippen LogP contribution is 2.44. The monoisotopic (exact) mass is 458 g/mol. The third kappa shape index (κ3) is 3.53. The third-order valence-corrected chi connectivity index (χ3v) is 6.12. The molecule has 3 aromatic rings. The van der Waals surface area contributed by atoms with Gasteiger partial charge in [-0.25, -0.2) is 14.6 Å². The number of nitrogens with zero attached hydrogens (tertiary/aromatic N) is 1. The second-order valence-electron chi connectivity index (χ2n) is 6.22. The van der Waals surface area contributed by atoms with Gasteiger partial charge in [-0.3, -0.25) is 0 Å². The van der Waals surface area contributed by atoms with Crippen molar-refractivity contribution in [1.82, 2.24) is 10.3 Å². The molecule has 0 unspecified atom stereocenters. The molecule has 0 bridgehead atoms. The van der Waals surface area contributed by atoms with Crippen LogP contribution in [0, 0.1) is 0 Å². The van der Waals surface area contributed by atoms with Crippen molar-refractivity contribution < 1.29 is 19.4 Å². The van der Waals surface area contributed by atoms with Crippen LogP contribution in [0.2, 0.25) is 0 Å². The lowest BCUT2D eigenvalue weighted by atomic mass is 9.98. The summed E-state index contributed by atoms with van der Waals surface area (Å²) < 4.78 is 5.90. The number of amides is 1. The maximum Gasteiger partial charge on any atom is 0.407 e. The normalized spacial score (nSPS) is 12.3. The number of thiazole rings is 1. The predicted octanol–water partition coefficient (Wildman–Crippen LogP) is 4.64. The number of fused-ring (bicyclic) bond motifs is 3. The lowest BCUT2D eigenvalue weighted by molar-refractivity contribution is 0.0689. The molecule has 0 radical (unpaired) electrons. The molecule has 1 aromatic heterocycles. The van der Waals surface area contributed by atoms with Crippen LogP contribution in [0.15, 0.2) is 52.4 Å². The summed E-state index contributed by atoms with van der Waals surface area (Å²) >= 11 is 4.33. The molecule has 1 amide bonds. The van der Waals surface area contributed by atoms with E-state index in [1.165, 1.54) is 0 Å². The zero-order valence-corrected chi connectivity index (χ0v) is 16.9. The number of rotatable bonds is 5. The Balaban J connectivity index is 1.42. The topological polar surface area (TPSA) is 88.5 Å². The summed E-state index contributed by atoms with van der Waals surface area (Å²) in [7, 11) is 0. The second-order valence-corrected chi connectivity index (χ2v) is 8.58. The van der Waals surface area contributed by atoms with Crippen molar-refractivity contribution in [3.8, 4) is 11.1 Å². The number of halogens is 1. The van der Waals surface area contributed by atoms with Crippen molar-refractivity contribution in [2.24, 2.45) is 0 Å². The number of aromatic nitrogens is 1. The summed E-state index contributed by atoms with van der Waals surface area (Å²) in [4.78, 5) is 27.7. The van der Waals surface area contributed by atoms with Gasteiger partial charge in [0.1, 0.15) is 6.61 Å². The summed E-state index contributed by atoms with van der Waals surface area (Å²) in [6.45, 7) is 0.250. The first kappa shape index (κ1) is 18.6. The molecule has 0 spiro atoms. The van der Waals surface area contributed by atoms with Crippen LogP contribution >= 0.6 is 27.3 Å². The largest absolute Gasteiger partial charge is 0.476 e. The standard InChI is InChI=1S/C20H15BrN2O4S/c21-19-23-17(18(24)25)16(28-19)9-22-20(26)27-10-15-13-7-3-1-5-11(13)12-6-2-4-8-14(12)15/h1-8,15H,9-10H2,(H,22,26)(H,24,25). The van der Waals surface area contributed by atoms with Gasteiger partial charge in [0, 0.05) is 5.92 Å². The minimum atomic E-state index is -1.13. The Labute approximate surface area is 173 Å². The van der Waals surface area contributed by atoms with Gasteiger partial charge in [-0.15, -0.1) is 11.3 Å². The van der Waals surface area contributed by atoms with Crippen molar-refractivity contribution in [1.29, 1.82) is 0 Å². The fraction of sp³-hybridized carbons (Fsp3) is 0.150. The van der Waals surface area contributed by atoms with E-state index in [1.54, 1.807) is 0 Å². The molecular formula is C20H15BrN2O4S. The highest BCUT2D eigenvalue weighted by molar-refractivity contribution is 9.11. The van der Waals surface area contributed by atoms with Crippen molar-refractivity contribution in [2.45, 2.75) is 12.5 Å². The molecule has 0 saturated heterocycles. The van der Waals surface area contributed by atoms with E-state index >= 15 is 0 Å². The van der Waals surface area contributed by atoms with E-state index in [0.29, 0.717) is 8.79 Å². The molecule has 2 N–H and O–H groups in total. The number of carboxylic acid groups (broad SMARTS) is 1. The van der Waals surface area contributed by atoms with Crippen LogP contribution in [0.3, 0.4) is 0 Å². The fourth-order valence-corrected chi connectivity index (χ4v) is 4.89. The summed E-state index contributed by atoms with van der Waals surface area (Å²) in [5, 5.41) is 11.8. The van der Waals surface area contributed by atoms with Crippen molar-refractivity contribution in [3.05, 3.63) is 74.1 Å². The molecule has 142 valence electrons. The summed E-state index contributed by atoms with van der Waals surface area (Å²) in [5.74, 6) is -1.16. The van der Waals surface area contributed by atoms with E-state index in [0.717, 1.165) is 33.6 Å². The number of carboxylic acids is 1. The number of benzene rings is 2. The molecule has 2 aromatic carbocycles. The van der Waals surface area contributed by atoms with E-state index < -0.39 is 12.1 Å². The van der Waals surface area contributed by atoms with Crippen LogP contribution in [0.1, 0.15) is 32.4 Å². The fourth-order valence-electron chi connectivity index (χ4n) is 3.41. The van der Waals surface area contributed by atoms with E-state index in [4.69, 9.17) is 9.84 Å². The predicted molar refractivity (Wildman–Crippen MR) is 109 cm³/mol. The van der Waals surface area contributed by atoms with Gasteiger partial charge in [-0.2, -0.15) is 0 Å². The van der Waals surface area contributed by atoms with Crippen LogP contribution < -0.4 is 5.32 Å². The number of nitrogens with one attached hydrogen (secondary N) is 1. The Morgan fingerprint density at radius 3 is 2.32 bits per heavy atom. The zero-order chi connectivity index (χ0) is 19.7. The molecular weight excluding hydrogens is 444 g/mol. The number of ether oxygens (including phenoxy) is 1. The first-order valence-electron chi connectivity index (χ1n) is 8.52. The van der Waals surface area contributed by atoms with Gasteiger partial charge in [0.25, 0.3) is 0 Å². The lowest BCUT2D eigenvalue weighted by Crippen LogP contribution is -2.26. The molecule has 0 saturated carbocycles. The summed E-state index contributed by atoms with van der Waals surface area (Å²) in [5.41, 5.74) is 4.52. The van der Waals surface area contributed by atoms with Gasteiger partial charge in [-0.05, 0) is 38.2 Å². The van der Waals surface area contributed by atoms with Crippen molar-refractivity contribution in [3.63, 3.8) is 0 Å². The summed E-state index contributed by atoms with van der Waals surface area (Å²) in [6, 6.07) is 16.2. The zero-order valence-electron chi connectivity index (χ0n) is 14.5. The molecule has 28 heavy (non-hydrogen) atoms. The highest BCUT2D eigenvalue weighted by atomic mass is 79.9. The van der Waals surface area contributed by atoms with Crippen molar-refractivity contribution >= 4 is 39.3 Å². The maximum absolute atomic E-state index is 12.2. The molecule has 0 aliphatic heterocycles. The van der Waals surface area contributed by atoms with Crippen LogP contribution in [0.5, 0.6) is 0 Å². The molecule has 1 heterocycles. The van der Waals surface area contributed by atoms with Crippen LogP contribution in [0.25, 0.3) is 11.1 Å². The van der Waals surface area contributed by atoms with Gasteiger partial charge < -0.3 is 15.2 Å². The molecule has 4 rings (SSSR count). The van der Waals surface area contributed by atoms with Crippen LogP contribution in [-0.2, 0) is 11.3 Å². The Morgan fingerprint density at radius 1 is 1.11 bits per heavy atom. The van der Waals surface area contributed by atoms with E-state index in [9.17, 15) is 9.59 Å². The Hall–Kier alpha value is -2.71. The minimum Gasteiger partial charge on any atom is -0.476 e. The number of hydrogen-bond acceptors (Lipinski definition) is 5. The van der Waals surface area contributed by atoms with Gasteiger partial charge in [0.15, 0.2) is 9.61 Å². The smallest absolute Gasteiger partial charge is 0.407 e. The molecule has 1 aliphatic rings. The first-order valence-corrected chi connectivity index (χ1v) is 10.1. The van der Waals surface area contributed by atoms with Crippen LogP contribution in [-0.4, -0.2) is 28.8 Å². The number of carbonyl (C=O) groups excluding carboxylic acids is 1. The van der Waals surface area contributed by atoms with Gasteiger partial charge in [0.2, 0.25) is 0 Å². The minimum absolute atomic E-state index is 0.0229. The summed E-state index contributed by atoms with van der Waals surface area (Å²) in [6.07, 6.45) is -0.595. The number of alkyl carbamates (subject to hydrolysis) is 1. The molecule has 0 fully saturated rings. The Kier molecular flexibility index (Phi) is 5.15. The Morgan fingerprint density at radius 2 is 1.71 bits per heavy atom. The van der Waals surface area contributed by atoms with E-state index in [2.05, 4.69) is 50.5 Å². The molecule has 0 atom stereocenters. The quantitative estimate of drug-likeness (QED) is 0.580. The van der Waals surface area contributed by atoms with Gasteiger partial charge >= 0.3 is 12.1 Å². The average molecular weight is 459 g/mol. The molecule has 1 aliphatic carbocycles. The average Bonchev–Trinajstić information content (AvgIpc) is 3.23. The number of hydrogen-bond donors (Lipinski definition) is 2. The molecule has 8 heteroatoms. The third-order valence-electron chi connectivity index (χ3n) is 4.61. The van der Waals surface area contributed by atoms with Crippen molar-refractivity contribution in [2.75, 3.05) is 6.61 Å². The maximum atomic E-state index is 12.2.